The van der Waals surface area contributed by atoms with Gasteiger partial charge in [0.25, 0.3) is 0 Å². The van der Waals surface area contributed by atoms with Gasteiger partial charge in [-0.2, -0.15) is 0 Å². The van der Waals surface area contributed by atoms with E-state index in [-0.39, 0.29) is 23.9 Å². The fourth-order valence-electron chi connectivity index (χ4n) is 3.23. The number of likely N-dealkylation sites (tertiary alicyclic amines) is 1. The summed E-state index contributed by atoms with van der Waals surface area (Å²) >= 11 is 0. The van der Waals surface area contributed by atoms with Crippen molar-refractivity contribution in [2.45, 2.75) is 32.1 Å². The third kappa shape index (κ3) is 5.42. The van der Waals surface area contributed by atoms with E-state index in [0.717, 1.165) is 5.56 Å². The zero-order chi connectivity index (χ0) is 20.8. The predicted molar refractivity (Wildman–Crippen MR) is 104 cm³/mol. The largest absolute Gasteiger partial charge is 0.460 e. The van der Waals surface area contributed by atoms with Gasteiger partial charge in [-0.15, -0.1) is 0 Å². The van der Waals surface area contributed by atoms with Gasteiger partial charge in [0.05, 0.1) is 0 Å². The van der Waals surface area contributed by atoms with E-state index in [1.165, 1.54) is 19.1 Å². The van der Waals surface area contributed by atoms with Gasteiger partial charge in [-0.05, 0) is 24.7 Å². The molecule has 29 heavy (non-hydrogen) atoms. The number of ether oxygens (including phenoxy) is 3. The maximum Gasteiger partial charge on any atom is 0.342 e. The summed E-state index contributed by atoms with van der Waals surface area (Å²) in [7, 11) is 1.79. The molecule has 1 saturated heterocycles. The lowest BCUT2D eigenvalue weighted by molar-refractivity contribution is -0.150. The predicted octanol–water partition coefficient (Wildman–Crippen LogP) is 2.58. The van der Waals surface area contributed by atoms with Crippen molar-refractivity contribution in [2.24, 2.45) is 0 Å². The molecule has 0 saturated carbocycles. The van der Waals surface area contributed by atoms with Crippen molar-refractivity contribution in [3.8, 4) is 5.75 Å². The van der Waals surface area contributed by atoms with Gasteiger partial charge in [0, 0.05) is 19.9 Å². The first-order valence-corrected chi connectivity index (χ1v) is 9.33. The molecule has 2 aromatic carbocycles. The minimum absolute atomic E-state index is 0.148. The average molecular weight is 397 g/mol. The molecular weight excluding hydrogens is 374 g/mol. The van der Waals surface area contributed by atoms with Gasteiger partial charge >= 0.3 is 17.9 Å². The molecule has 152 valence electrons. The number of nitrogens with zero attached hydrogens (tertiary/aromatic N) is 1. The third-order valence-corrected chi connectivity index (χ3v) is 4.64. The van der Waals surface area contributed by atoms with Crippen LogP contribution in [-0.2, 0) is 25.7 Å². The molecule has 2 atom stereocenters. The van der Waals surface area contributed by atoms with E-state index in [1.807, 2.05) is 35.2 Å². The summed E-state index contributed by atoms with van der Waals surface area (Å²) in [4.78, 5) is 38.0. The summed E-state index contributed by atoms with van der Waals surface area (Å²) in [5.41, 5.74) is 1.08. The van der Waals surface area contributed by atoms with E-state index >= 15 is 0 Å². The molecule has 1 aliphatic heterocycles. The molecule has 0 aliphatic carbocycles. The van der Waals surface area contributed by atoms with Gasteiger partial charge in [0.1, 0.15) is 30.1 Å². The molecule has 3 rings (SSSR count). The van der Waals surface area contributed by atoms with Crippen LogP contribution in [-0.4, -0.2) is 48.5 Å². The molecule has 7 heteroatoms. The van der Waals surface area contributed by atoms with Crippen LogP contribution in [0.5, 0.6) is 5.75 Å². The van der Waals surface area contributed by atoms with E-state index in [0.29, 0.717) is 13.0 Å². The molecule has 0 N–H and O–H groups in total. The van der Waals surface area contributed by atoms with Crippen LogP contribution in [0.3, 0.4) is 0 Å². The zero-order valence-electron chi connectivity index (χ0n) is 16.4. The number of para-hydroxylation sites is 1. The quantitative estimate of drug-likeness (QED) is 0.547. The van der Waals surface area contributed by atoms with Crippen LogP contribution < -0.4 is 4.74 Å². The first-order chi connectivity index (χ1) is 13.9. The molecule has 0 spiro atoms. The van der Waals surface area contributed by atoms with E-state index in [9.17, 15) is 14.4 Å². The van der Waals surface area contributed by atoms with E-state index in [4.69, 9.17) is 14.2 Å². The van der Waals surface area contributed by atoms with Gasteiger partial charge in [-0.25, -0.2) is 4.79 Å². The van der Waals surface area contributed by atoms with E-state index in [2.05, 4.69) is 0 Å². The highest BCUT2D eigenvalue weighted by Crippen LogP contribution is 2.24. The Balaban J connectivity index is 1.57. The Kier molecular flexibility index (Phi) is 6.61. The maximum absolute atomic E-state index is 12.5. The summed E-state index contributed by atoms with van der Waals surface area (Å²) in [6.07, 6.45) is -0.127. The van der Waals surface area contributed by atoms with Gasteiger partial charge in [-0.3, -0.25) is 14.5 Å². The number of hydrogen-bond acceptors (Lipinski definition) is 7. The molecule has 1 fully saturated rings. The Hall–Kier alpha value is -3.19. The van der Waals surface area contributed by atoms with Crippen molar-refractivity contribution in [1.82, 2.24) is 4.90 Å². The van der Waals surface area contributed by atoms with Gasteiger partial charge in [0.15, 0.2) is 0 Å². The zero-order valence-corrected chi connectivity index (χ0v) is 16.4. The number of benzene rings is 2. The second-order valence-corrected chi connectivity index (χ2v) is 6.90. The van der Waals surface area contributed by atoms with Crippen LogP contribution in [0, 0.1) is 0 Å². The Morgan fingerprint density at radius 3 is 2.45 bits per heavy atom. The van der Waals surface area contributed by atoms with E-state index in [1.54, 1.807) is 19.2 Å². The van der Waals surface area contributed by atoms with Crippen molar-refractivity contribution in [1.29, 1.82) is 0 Å². The molecule has 2 aromatic rings. The minimum Gasteiger partial charge on any atom is -0.460 e. The third-order valence-electron chi connectivity index (χ3n) is 4.64. The summed E-state index contributed by atoms with van der Waals surface area (Å²) in [5.74, 6) is -1.32. The second-order valence-electron chi connectivity index (χ2n) is 6.90. The van der Waals surface area contributed by atoms with Crippen LogP contribution in [0.4, 0.5) is 0 Å². The van der Waals surface area contributed by atoms with Crippen molar-refractivity contribution in [3.05, 3.63) is 65.7 Å². The van der Waals surface area contributed by atoms with Crippen LogP contribution >= 0.6 is 0 Å². The SMILES string of the molecule is CC(=O)Oc1ccccc1C(=O)O[C@@H]1C[C@@H](C(=O)OCc2ccccc2)N(C)C1. The first kappa shape index (κ1) is 20.5. The summed E-state index contributed by atoms with van der Waals surface area (Å²) in [5, 5.41) is 0. The smallest absolute Gasteiger partial charge is 0.342 e. The summed E-state index contributed by atoms with van der Waals surface area (Å²) < 4.78 is 16.0. The second kappa shape index (κ2) is 9.34. The number of esters is 3. The Labute approximate surface area is 169 Å². The Morgan fingerprint density at radius 2 is 1.72 bits per heavy atom. The van der Waals surface area contributed by atoms with Crippen molar-refractivity contribution >= 4 is 17.9 Å². The maximum atomic E-state index is 12.5. The molecule has 0 radical (unpaired) electrons. The normalized spacial score (nSPS) is 18.8. The number of likely N-dealkylation sites (N-methyl/N-ethyl adjacent to an activating group) is 1. The fourth-order valence-corrected chi connectivity index (χ4v) is 3.23. The Bertz CT molecular complexity index is 882. The highest BCUT2D eigenvalue weighted by atomic mass is 16.6. The molecule has 7 nitrogen and oxygen atoms in total. The molecule has 0 bridgehead atoms. The molecule has 1 heterocycles. The molecule has 0 amide bonds. The monoisotopic (exact) mass is 397 g/mol. The van der Waals surface area contributed by atoms with Crippen LogP contribution in [0.15, 0.2) is 54.6 Å². The number of carbonyl (C=O) groups is 3. The highest BCUT2D eigenvalue weighted by Gasteiger charge is 2.38. The van der Waals surface area contributed by atoms with Crippen molar-refractivity contribution in [2.75, 3.05) is 13.6 Å². The van der Waals surface area contributed by atoms with Crippen molar-refractivity contribution < 1.29 is 28.6 Å². The highest BCUT2D eigenvalue weighted by molar-refractivity contribution is 5.93. The van der Waals surface area contributed by atoms with Gasteiger partial charge in [0.2, 0.25) is 0 Å². The lowest BCUT2D eigenvalue weighted by atomic mass is 10.2. The fraction of sp³-hybridized carbons (Fsp3) is 0.318. The van der Waals surface area contributed by atoms with E-state index < -0.39 is 24.1 Å². The van der Waals surface area contributed by atoms with Crippen LogP contribution in [0.25, 0.3) is 0 Å². The molecule has 0 aromatic heterocycles. The summed E-state index contributed by atoms with van der Waals surface area (Å²) in [6.45, 7) is 1.87. The standard InChI is InChI=1S/C22H23NO6/c1-15(24)28-20-11-7-6-10-18(20)21(25)29-17-12-19(23(2)13-17)22(26)27-14-16-8-4-3-5-9-16/h3-11,17,19H,12-14H2,1-2H3/t17-,19+/m1/s1. The van der Waals surface area contributed by atoms with Gasteiger partial charge in [-0.1, -0.05) is 42.5 Å². The first-order valence-electron chi connectivity index (χ1n) is 9.33. The van der Waals surface area contributed by atoms with Crippen LogP contribution in [0.1, 0.15) is 29.3 Å². The minimum atomic E-state index is -0.599. The molecule has 1 aliphatic rings. The molecule has 0 unspecified atom stereocenters. The number of hydrogen-bond donors (Lipinski definition) is 0. The number of carbonyl (C=O) groups excluding carboxylic acids is 3. The van der Waals surface area contributed by atoms with Crippen LogP contribution in [0.2, 0.25) is 0 Å². The number of rotatable bonds is 6. The van der Waals surface area contributed by atoms with Crippen molar-refractivity contribution in [3.63, 3.8) is 0 Å². The average Bonchev–Trinajstić information content (AvgIpc) is 3.07. The lowest BCUT2D eigenvalue weighted by Crippen LogP contribution is -2.34. The summed E-state index contributed by atoms with van der Waals surface area (Å²) in [6, 6.07) is 15.3. The molecular formula is C22H23NO6. The van der Waals surface area contributed by atoms with Gasteiger partial charge < -0.3 is 14.2 Å². The lowest BCUT2D eigenvalue weighted by Gasteiger charge is -2.17. The topological polar surface area (TPSA) is 82.1 Å². The Morgan fingerprint density at radius 1 is 1.03 bits per heavy atom.